The van der Waals surface area contributed by atoms with Crippen LogP contribution in [0.4, 0.5) is 0 Å². The van der Waals surface area contributed by atoms with Crippen LogP contribution in [0.5, 0.6) is 0 Å². The predicted octanol–water partition coefficient (Wildman–Crippen LogP) is 0.0851. The van der Waals surface area contributed by atoms with E-state index in [4.69, 9.17) is 5.11 Å². The molecule has 13 heavy (non-hydrogen) atoms. The Morgan fingerprint density at radius 1 is 1.69 bits per heavy atom. The minimum Gasteiger partial charge on any atom is -0.477 e. The minimum absolute atomic E-state index is 0.0665. The number of carbonyl (C=O) groups excluding carboxylic acids is 1. The summed E-state index contributed by atoms with van der Waals surface area (Å²) in [5.74, 6) is -1.50. The molecule has 5 nitrogen and oxygen atoms in total. The third-order valence-corrected chi connectivity index (χ3v) is 2.94. The third kappa shape index (κ3) is 1.67. The van der Waals surface area contributed by atoms with Crippen LogP contribution in [-0.2, 0) is 9.59 Å². The van der Waals surface area contributed by atoms with Crippen molar-refractivity contribution >= 4 is 27.8 Å². The number of halogens is 1. The van der Waals surface area contributed by atoms with Gasteiger partial charge in [0.05, 0.1) is 0 Å². The van der Waals surface area contributed by atoms with E-state index in [-0.39, 0.29) is 11.6 Å². The number of allylic oxidation sites excluding steroid dienone is 1. The molecular weight excluding hydrogens is 240 g/mol. The van der Waals surface area contributed by atoms with Crippen molar-refractivity contribution in [2.75, 3.05) is 7.05 Å². The Bertz CT molecular complexity index is 300. The van der Waals surface area contributed by atoms with Gasteiger partial charge in [0.1, 0.15) is 5.70 Å². The Labute approximate surface area is 83.5 Å². The zero-order valence-corrected chi connectivity index (χ0v) is 8.75. The van der Waals surface area contributed by atoms with E-state index >= 15 is 0 Å². The normalized spacial score (nSPS) is 23.2. The average molecular weight is 249 g/mol. The SMILES string of the molecule is CC1=C(C(=O)O)NC(=O)C(Br)N1C. The number of carbonyl (C=O) groups is 2. The van der Waals surface area contributed by atoms with Crippen LogP contribution < -0.4 is 5.32 Å². The maximum absolute atomic E-state index is 11.2. The van der Waals surface area contributed by atoms with E-state index in [1.165, 1.54) is 0 Å². The van der Waals surface area contributed by atoms with Crippen molar-refractivity contribution in [2.24, 2.45) is 0 Å². The van der Waals surface area contributed by atoms with Gasteiger partial charge in [-0.25, -0.2) is 4.79 Å². The summed E-state index contributed by atoms with van der Waals surface area (Å²) < 4.78 is 0. The lowest BCUT2D eigenvalue weighted by atomic mass is 10.2. The zero-order valence-electron chi connectivity index (χ0n) is 7.17. The molecule has 0 bridgehead atoms. The first-order valence-electron chi connectivity index (χ1n) is 3.57. The lowest BCUT2D eigenvalue weighted by Gasteiger charge is -2.31. The molecule has 0 aromatic rings. The number of hydrogen-bond acceptors (Lipinski definition) is 3. The number of carboxylic acid groups (broad SMARTS) is 1. The highest BCUT2D eigenvalue weighted by Crippen LogP contribution is 2.19. The summed E-state index contributed by atoms with van der Waals surface area (Å²) in [4.78, 5) is 22.9. The fraction of sp³-hybridized carbons (Fsp3) is 0.429. The lowest BCUT2D eigenvalue weighted by molar-refractivity contribution is -0.135. The van der Waals surface area contributed by atoms with Crippen LogP contribution in [0, 0.1) is 0 Å². The molecule has 0 fully saturated rings. The fourth-order valence-corrected chi connectivity index (χ4v) is 1.43. The van der Waals surface area contributed by atoms with Crippen molar-refractivity contribution in [2.45, 2.75) is 11.9 Å². The van der Waals surface area contributed by atoms with E-state index in [2.05, 4.69) is 21.2 Å². The van der Waals surface area contributed by atoms with Gasteiger partial charge in [0.25, 0.3) is 5.91 Å². The van der Waals surface area contributed by atoms with Crippen molar-refractivity contribution in [1.82, 2.24) is 10.2 Å². The average Bonchev–Trinajstić information content (AvgIpc) is 2.07. The van der Waals surface area contributed by atoms with Crippen molar-refractivity contribution in [3.8, 4) is 0 Å². The Morgan fingerprint density at radius 3 is 2.69 bits per heavy atom. The number of aliphatic carboxylic acids is 1. The Morgan fingerprint density at radius 2 is 2.23 bits per heavy atom. The molecule has 0 aromatic carbocycles. The Balaban J connectivity index is 3.08. The van der Waals surface area contributed by atoms with E-state index in [1.54, 1.807) is 18.9 Å². The molecule has 1 aliphatic rings. The summed E-state index contributed by atoms with van der Waals surface area (Å²) >= 11 is 3.12. The van der Waals surface area contributed by atoms with Gasteiger partial charge < -0.3 is 15.3 Å². The fourth-order valence-electron chi connectivity index (χ4n) is 1.00. The number of amides is 1. The second kappa shape index (κ2) is 3.37. The first-order valence-corrected chi connectivity index (χ1v) is 4.48. The Hall–Kier alpha value is -1.04. The smallest absolute Gasteiger partial charge is 0.354 e. The molecule has 0 radical (unpaired) electrons. The molecule has 1 atom stereocenters. The van der Waals surface area contributed by atoms with E-state index in [9.17, 15) is 9.59 Å². The standard InChI is InChI=1S/C7H9BrN2O3/c1-3-4(7(12)13)9-6(11)5(8)10(3)2/h5H,1-2H3,(H,9,11)(H,12,13). The monoisotopic (exact) mass is 248 g/mol. The third-order valence-electron chi connectivity index (χ3n) is 1.91. The molecule has 72 valence electrons. The van der Waals surface area contributed by atoms with E-state index in [0.717, 1.165) is 0 Å². The summed E-state index contributed by atoms with van der Waals surface area (Å²) in [6.45, 7) is 1.64. The zero-order chi connectivity index (χ0) is 10.2. The number of hydrogen-bond donors (Lipinski definition) is 2. The van der Waals surface area contributed by atoms with Crippen LogP contribution >= 0.6 is 15.9 Å². The molecular formula is C7H9BrN2O3. The van der Waals surface area contributed by atoms with Gasteiger partial charge in [0, 0.05) is 12.7 Å². The van der Waals surface area contributed by atoms with Crippen LogP contribution in [-0.4, -0.2) is 33.9 Å². The molecule has 0 spiro atoms. The maximum Gasteiger partial charge on any atom is 0.354 e. The summed E-state index contributed by atoms with van der Waals surface area (Å²) in [5, 5.41) is 11.0. The van der Waals surface area contributed by atoms with Crippen molar-refractivity contribution in [3.05, 3.63) is 11.4 Å². The van der Waals surface area contributed by atoms with E-state index < -0.39 is 10.9 Å². The van der Waals surface area contributed by atoms with Crippen LogP contribution in [0.3, 0.4) is 0 Å². The highest BCUT2D eigenvalue weighted by Gasteiger charge is 2.30. The second-order valence-corrected chi connectivity index (χ2v) is 3.57. The molecule has 6 heteroatoms. The molecule has 0 saturated heterocycles. The largest absolute Gasteiger partial charge is 0.477 e. The maximum atomic E-state index is 11.2. The number of rotatable bonds is 1. The molecule has 1 rings (SSSR count). The van der Waals surface area contributed by atoms with Gasteiger partial charge in [0.2, 0.25) is 0 Å². The van der Waals surface area contributed by atoms with Crippen LogP contribution in [0.15, 0.2) is 11.4 Å². The molecule has 1 unspecified atom stereocenters. The molecule has 1 heterocycles. The highest BCUT2D eigenvalue weighted by atomic mass is 79.9. The lowest BCUT2D eigenvalue weighted by Crippen LogP contribution is -2.47. The Kier molecular flexibility index (Phi) is 2.60. The summed E-state index contributed by atoms with van der Waals surface area (Å²) in [5.41, 5.74) is 0.456. The molecule has 0 aromatic heterocycles. The molecule has 2 N–H and O–H groups in total. The quantitative estimate of drug-likeness (QED) is 0.510. The number of likely N-dealkylation sites (N-methyl/N-ethyl adjacent to an activating group) is 1. The number of alkyl halides is 1. The molecule has 0 aliphatic carbocycles. The predicted molar refractivity (Wildman–Crippen MR) is 49.0 cm³/mol. The molecule has 0 saturated carbocycles. The first-order chi connectivity index (χ1) is 5.95. The van der Waals surface area contributed by atoms with Crippen LogP contribution in [0.25, 0.3) is 0 Å². The summed E-state index contributed by atoms with van der Waals surface area (Å²) in [6, 6.07) is 0. The van der Waals surface area contributed by atoms with Gasteiger partial charge >= 0.3 is 5.97 Å². The topological polar surface area (TPSA) is 69.6 Å². The van der Waals surface area contributed by atoms with Gasteiger partial charge in [-0.05, 0) is 6.92 Å². The van der Waals surface area contributed by atoms with Gasteiger partial charge in [0.15, 0.2) is 4.95 Å². The van der Waals surface area contributed by atoms with E-state index in [0.29, 0.717) is 5.70 Å². The van der Waals surface area contributed by atoms with Gasteiger partial charge in [-0.2, -0.15) is 0 Å². The summed E-state index contributed by atoms with van der Waals surface area (Å²) in [6.07, 6.45) is 0. The first kappa shape index (κ1) is 10.0. The van der Waals surface area contributed by atoms with Gasteiger partial charge in [-0.15, -0.1) is 0 Å². The minimum atomic E-state index is -1.13. The van der Waals surface area contributed by atoms with Gasteiger partial charge in [-0.3, -0.25) is 4.79 Å². The van der Waals surface area contributed by atoms with E-state index in [1.807, 2.05) is 0 Å². The van der Waals surface area contributed by atoms with Crippen molar-refractivity contribution in [1.29, 1.82) is 0 Å². The summed E-state index contributed by atoms with van der Waals surface area (Å²) in [7, 11) is 1.65. The highest BCUT2D eigenvalue weighted by molar-refractivity contribution is 9.09. The number of nitrogens with zero attached hydrogens (tertiary/aromatic N) is 1. The molecule has 1 amide bonds. The molecule has 1 aliphatic heterocycles. The van der Waals surface area contributed by atoms with Crippen LogP contribution in [0.2, 0.25) is 0 Å². The van der Waals surface area contributed by atoms with Crippen LogP contribution in [0.1, 0.15) is 6.92 Å². The van der Waals surface area contributed by atoms with Crippen molar-refractivity contribution in [3.63, 3.8) is 0 Å². The van der Waals surface area contributed by atoms with Gasteiger partial charge in [-0.1, -0.05) is 15.9 Å². The van der Waals surface area contributed by atoms with Crippen molar-refractivity contribution < 1.29 is 14.7 Å². The second-order valence-electron chi connectivity index (χ2n) is 2.70. The number of carboxylic acids is 1. The number of nitrogens with one attached hydrogen (secondary N) is 1.